The fraction of sp³-hybridized carbons (Fsp3) is 0.500. The van der Waals surface area contributed by atoms with Gasteiger partial charge in [-0.3, -0.25) is 4.79 Å². The summed E-state index contributed by atoms with van der Waals surface area (Å²) in [7, 11) is -4.23. The molecule has 35 heavy (non-hydrogen) atoms. The molecule has 0 aliphatic heterocycles. The van der Waals surface area contributed by atoms with Gasteiger partial charge < -0.3 is 15.8 Å². The Bertz CT molecular complexity index is 1170. The van der Waals surface area contributed by atoms with E-state index in [1.807, 2.05) is 0 Å². The van der Waals surface area contributed by atoms with E-state index in [-0.39, 0.29) is 16.8 Å². The van der Waals surface area contributed by atoms with Gasteiger partial charge in [0.15, 0.2) is 0 Å². The third-order valence-corrected chi connectivity index (χ3v) is 6.97. The lowest BCUT2D eigenvalue weighted by Gasteiger charge is -2.30. The quantitative estimate of drug-likeness (QED) is 0.542. The molecule has 190 valence electrons. The largest absolute Gasteiger partial charge is 0.444 e. The highest BCUT2D eigenvalue weighted by Crippen LogP contribution is 2.28. The number of amides is 2. The molecule has 10 nitrogen and oxygen atoms in total. The summed E-state index contributed by atoms with van der Waals surface area (Å²) in [4.78, 5) is 33.7. The molecule has 1 heterocycles. The molecule has 2 aromatic rings. The number of nitrogens with one attached hydrogen (secondary N) is 2. The first-order chi connectivity index (χ1) is 16.3. The normalized spacial score (nSPS) is 15.8. The number of nitrogen functional groups attached to an aromatic ring is 1. The number of anilines is 1. The molecule has 1 aliphatic carbocycles. The van der Waals surface area contributed by atoms with Crippen molar-refractivity contribution in [3.63, 3.8) is 0 Å². The van der Waals surface area contributed by atoms with Crippen LogP contribution in [0.25, 0.3) is 11.3 Å². The van der Waals surface area contributed by atoms with E-state index in [9.17, 15) is 18.0 Å². The van der Waals surface area contributed by atoms with Crippen LogP contribution < -0.4 is 15.8 Å². The first-order valence-electron chi connectivity index (χ1n) is 11.6. The van der Waals surface area contributed by atoms with E-state index in [0.717, 1.165) is 19.3 Å². The zero-order chi connectivity index (χ0) is 25.8. The summed E-state index contributed by atoms with van der Waals surface area (Å²) in [6.07, 6.45) is 3.49. The van der Waals surface area contributed by atoms with Crippen LogP contribution in [0.3, 0.4) is 0 Å². The number of hydrogen-bond acceptors (Lipinski definition) is 8. The van der Waals surface area contributed by atoms with Crippen LogP contribution in [0.1, 0.15) is 58.6 Å². The van der Waals surface area contributed by atoms with E-state index >= 15 is 0 Å². The molecule has 0 bridgehead atoms. The number of carbonyl (C=O) groups excluding carboxylic acids is 2. The maximum Gasteiger partial charge on any atom is 0.408 e. The van der Waals surface area contributed by atoms with Crippen molar-refractivity contribution >= 4 is 28.0 Å². The lowest BCUT2D eigenvalue weighted by atomic mass is 9.83. The minimum atomic E-state index is -4.23. The molecule has 1 aromatic carbocycles. The van der Waals surface area contributed by atoms with Crippen LogP contribution in [0.5, 0.6) is 0 Å². The van der Waals surface area contributed by atoms with E-state index in [4.69, 9.17) is 10.5 Å². The second kappa shape index (κ2) is 10.6. The zero-order valence-electron chi connectivity index (χ0n) is 20.5. The summed E-state index contributed by atoms with van der Waals surface area (Å²) in [6.45, 7) is 6.90. The number of benzene rings is 1. The molecule has 1 atom stereocenters. The van der Waals surface area contributed by atoms with Crippen LogP contribution >= 0.6 is 0 Å². The van der Waals surface area contributed by atoms with Gasteiger partial charge in [-0.2, -0.15) is 0 Å². The number of hydrogen-bond donors (Lipinski definition) is 3. The summed E-state index contributed by atoms with van der Waals surface area (Å²) < 4.78 is 33.7. The number of ether oxygens (including phenoxy) is 1. The number of nitrogens with zero attached hydrogens (tertiary/aromatic N) is 2. The average Bonchev–Trinajstić information content (AvgIpc) is 2.76. The van der Waals surface area contributed by atoms with Gasteiger partial charge in [0.2, 0.25) is 5.95 Å². The second-order valence-electron chi connectivity index (χ2n) is 9.77. The van der Waals surface area contributed by atoms with Crippen molar-refractivity contribution in [2.75, 3.05) is 5.73 Å². The fourth-order valence-corrected chi connectivity index (χ4v) is 5.17. The number of sulfonamides is 1. The van der Waals surface area contributed by atoms with Gasteiger partial charge in [-0.05, 0) is 64.7 Å². The predicted octanol–water partition coefficient (Wildman–Crippen LogP) is 3.31. The molecular formula is C24H33N5O5S. The van der Waals surface area contributed by atoms with E-state index in [0.29, 0.717) is 29.8 Å². The van der Waals surface area contributed by atoms with Crippen molar-refractivity contribution in [1.82, 2.24) is 20.0 Å². The predicted molar refractivity (Wildman–Crippen MR) is 132 cm³/mol. The van der Waals surface area contributed by atoms with Gasteiger partial charge in [0.1, 0.15) is 11.6 Å². The SMILES string of the molecule is Cc1cc(-c2cccc(S(=O)(=O)NC(=O)[C@@H](NC(=O)OC(C)(C)C)C3CCCCC3)c2)nc(N)n1. The summed E-state index contributed by atoms with van der Waals surface area (Å²) in [5, 5.41) is 2.60. The first kappa shape index (κ1) is 26.4. The van der Waals surface area contributed by atoms with Gasteiger partial charge in [0, 0.05) is 11.3 Å². The molecule has 2 amide bonds. The molecule has 1 aliphatic rings. The molecular weight excluding hydrogens is 470 g/mol. The molecule has 0 saturated heterocycles. The van der Waals surface area contributed by atoms with E-state index < -0.39 is 33.7 Å². The Labute approximate surface area is 206 Å². The molecule has 11 heteroatoms. The van der Waals surface area contributed by atoms with Gasteiger partial charge >= 0.3 is 6.09 Å². The molecule has 1 fully saturated rings. The van der Waals surface area contributed by atoms with Crippen molar-refractivity contribution in [2.24, 2.45) is 5.92 Å². The maximum atomic E-state index is 13.2. The maximum absolute atomic E-state index is 13.2. The summed E-state index contributed by atoms with van der Waals surface area (Å²) >= 11 is 0. The van der Waals surface area contributed by atoms with Gasteiger partial charge in [-0.15, -0.1) is 0 Å². The van der Waals surface area contributed by atoms with Crippen LogP contribution in [0.2, 0.25) is 0 Å². The third-order valence-electron chi connectivity index (χ3n) is 5.62. The molecule has 0 unspecified atom stereocenters. The highest BCUT2D eigenvalue weighted by atomic mass is 32.2. The minimum absolute atomic E-state index is 0.0742. The van der Waals surface area contributed by atoms with Gasteiger partial charge in [-0.1, -0.05) is 31.4 Å². The van der Waals surface area contributed by atoms with Crippen LogP contribution in [0.4, 0.5) is 10.7 Å². The van der Waals surface area contributed by atoms with E-state index in [2.05, 4.69) is 20.0 Å². The number of carbonyl (C=O) groups is 2. The topological polar surface area (TPSA) is 153 Å². The highest BCUT2D eigenvalue weighted by molar-refractivity contribution is 7.90. The number of aromatic nitrogens is 2. The minimum Gasteiger partial charge on any atom is -0.444 e. The van der Waals surface area contributed by atoms with Gasteiger partial charge in [-0.25, -0.2) is 27.9 Å². The van der Waals surface area contributed by atoms with E-state index in [1.54, 1.807) is 45.9 Å². The first-order valence-corrected chi connectivity index (χ1v) is 13.1. The number of alkyl carbamates (subject to hydrolysis) is 1. The number of nitrogens with two attached hydrogens (primary N) is 1. The Morgan fingerprint density at radius 3 is 2.43 bits per heavy atom. The van der Waals surface area contributed by atoms with Crippen molar-refractivity contribution in [3.8, 4) is 11.3 Å². The highest BCUT2D eigenvalue weighted by Gasteiger charge is 2.34. The molecule has 4 N–H and O–H groups in total. The van der Waals surface area contributed by atoms with Gasteiger partial charge in [0.25, 0.3) is 15.9 Å². The van der Waals surface area contributed by atoms with E-state index in [1.165, 1.54) is 12.1 Å². The van der Waals surface area contributed by atoms with Crippen molar-refractivity contribution in [1.29, 1.82) is 0 Å². The summed E-state index contributed by atoms with van der Waals surface area (Å²) in [5.41, 5.74) is 6.58. The second-order valence-corrected chi connectivity index (χ2v) is 11.5. The fourth-order valence-electron chi connectivity index (χ4n) is 4.12. The lowest BCUT2D eigenvalue weighted by Crippen LogP contribution is -2.53. The molecule has 0 radical (unpaired) electrons. The lowest BCUT2D eigenvalue weighted by molar-refractivity contribution is -0.123. The van der Waals surface area contributed by atoms with Crippen LogP contribution in [0, 0.1) is 12.8 Å². The Kier molecular flexibility index (Phi) is 7.99. The Morgan fingerprint density at radius 2 is 1.80 bits per heavy atom. The Morgan fingerprint density at radius 1 is 1.11 bits per heavy atom. The summed E-state index contributed by atoms with van der Waals surface area (Å²) in [6, 6.07) is 6.69. The van der Waals surface area contributed by atoms with Crippen LogP contribution in [0.15, 0.2) is 35.2 Å². The average molecular weight is 504 g/mol. The molecule has 1 aromatic heterocycles. The zero-order valence-corrected chi connectivity index (χ0v) is 21.3. The third kappa shape index (κ3) is 7.38. The smallest absolute Gasteiger partial charge is 0.408 e. The Hall–Kier alpha value is -3.21. The molecule has 0 spiro atoms. The van der Waals surface area contributed by atoms with Gasteiger partial charge in [0.05, 0.1) is 10.6 Å². The monoisotopic (exact) mass is 503 g/mol. The van der Waals surface area contributed by atoms with Crippen LogP contribution in [-0.4, -0.2) is 42.0 Å². The van der Waals surface area contributed by atoms with Crippen molar-refractivity contribution < 1.29 is 22.7 Å². The molecule has 1 saturated carbocycles. The van der Waals surface area contributed by atoms with Crippen molar-refractivity contribution in [2.45, 2.75) is 76.3 Å². The van der Waals surface area contributed by atoms with Crippen molar-refractivity contribution in [3.05, 3.63) is 36.0 Å². The Balaban J connectivity index is 1.84. The van der Waals surface area contributed by atoms with Crippen LogP contribution in [-0.2, 0) is 19.6 Å². The molecule has 3 rings (SSSR count). The number of rotatable bonds is 6. The summed E-state index contributed by atoms with van der Waals surface area (Å²) in [5.74, 6) is -0.912. The number of aryl methyl sites for hydroxylation is 1. The standard InChI is InChI=1S/C24H33N5O5S/c1-15-13-19(27-22(25)26-15)17-11-8-12-18(14-17)35(32,33)29-21(30)20(16-9-6-5-7-10-16)28-23(31)34-24(2,3)4/h8,11-14,16,20H,5-7,9-10H2,1-4H3,(H,28,31)(H,29,30)(H2,25,26,27)/t20-/m0/s1.